The van der Waals surface area contributed by atoms with Gasteiger partial charge in [-0.1, -0.05) is 48.5 Å². The standard InChI is InChI=1S/C46H24N4/c1-25-15-27(22-47)7-11-31(25)38-19-44-40(34-14-10-30(50-3)17-37(34)38)18-39(32-12-8-28(23-48)16-26(32)2)43-20-41-35-6-4-5-33-29(24-49)9-13-36(46(33)35)42(41)21-45(43)44/h4-21H,1-2H3. The van der Waals surface area contributed by atoms with Crippen molar-refractivity contribution in [3.05, 3.63) is 148 Å². The van der Waals surface area contributed by atoms with Gasteiger partial charge in [-0.3, -0.25) is 0 Å². The fraction of sp³-hybridized carbons (Fsp3) is 0.0435. The van der Waals surface area contributed by atoms with Crippen LogP contribution in [0.1, 0.15) is 27.8 Å². The van der Waals surface area contributed by atoms with Crippen LogP contribution in [-0.2, 0) is 0 Å². The first-order valence-electron chi connectivity index (χ1n) is 16.3. The van der Waals surface area contributed by atoms with E-state index in [1.54, 1.807) is 0 Å². The highest BCUT2D eigenvalue weighted by Gasteiger charge is 2.25. The van der Waals surface area contributed by atoms with Gasteiger partial charge in [-0.2, -0.15) is 15.8 Å². The van der Waals surface area contributed by atoms with E-state index in [0.717, 1.165) is 98.7 Å². The van der Waals surface area contributed by atoms with E-state index in [9.17, 15) is 15.8 Å². The maximum atomic E-state index is 9.94. The summed E-state index contributed by atoms with van der Waals surface area (Å²) in [7, 11) is 0. The van der Waals surface area contributed by atoms with E-state index < -0.39 is 0 Å². The van der Waals surface area contributed by atoms with E-state index in [4.69, 9.17) is 6.57 Å². The fourth-order valence-corrected chi connectivity index (χ4v) is 8.07. The first-order valence-corrected chi connectivity index (χ1v) is 16.3. The van der Waals surface area contributed by atoms with Crippen LogP contribution >= 0.6 is 0 Å². The molecule has 8 aromatic carbocycles. The minimum Gasteiger partial charge on any atom is -0.238 e. The molecule has 8 aromatic rings. The molecule has 0 radical (unpaired) electrons. The van der Waals surface area contributed by atoms with Gasteiger partial charge in [-0.25, -0.2) is 4.85 Å². The monoisotopic (exact) mass is 632 g/mol. The Morgan fingerprint density at radius 2 is 0.980 bits per heavy atom. The lowest BCUT2D eigenvalue weighted by Gasteiger charge is -2.19. The van der Waals surface area contributed by atoms with Crippen molar-refractivity contribution < 1.29 is 0 Å². The summed E-state index contributed by atoms with van der Waals surface area (Å²) in [6.07, 6.45) is 0. The van der Waals surface area contributed by atoms with Gasteiger partial charge >= 0.3 is 0 Å². The van der Waals surface area contributed by atoms with E-state index >= 15 is 0 Å². The minimum atomic E-state index is 0.564. The maximum absolute atomic E-state index is 9.94. The van der Waals surface area contributed by atoms with Crippen molar-refractivity contribution in [2.45, 2.75) is 13.8 Å². The van der Waals surface area contributed by atoms with Crippen molar-refractivity contribution in [2.75, 3.05) is 0 Å². The minimum absolute atomic E-state index is 0.564. The molecule has 0 amide bonds. The van der Waals surface area contributed by atoms with Gasteiger partial charge in [-0.05, 0) is 168 Å². The van der Waals surface area contributed by atoms with E-state index in [0.29, 0.717) is 22.4 Å². The molecular weight excluding hydrogens is 609 g/mol. The molecule has 9 rings (SSSR count). The molecular formula is C46H24N4. The molecule has 4 nitrogen and oxygen atoms in total. The number of fused-ring (bicyclic) bond motifs is 8. The SMILES string of the molecule is [C-]#[N+]c1ccc2c(c1)c(-c1ccc(C#N)cc1C)cc1c3cc4c(cc3c(-c3ccc(C#N)cc3C)cc21)-c1cccc2c(C#N)ccc-4c12. The molecule has 0 saturated carbocycles. The van der Waals surface area contributed by atoms with Gasteiger partial charge in [0.1, 0.15) is 0 Å². The second-order valence-corrected chi connectivity index (χ2v) is 13.0. The smallest absolute Gasteiger partial charge is 0.187 e. The van der Waals surface area contributed by atoms with Crippen LogP contribution in [0.15, 0.2) is 109 Å². The molecule has 0 unspecified atom stereocenters. The topological polar surface area (TPSA) is 75.7 Å². The first-order chi connectivity index (χ1) is 24.4. The Morgan fingerprint density at radius 1 is 0.440 bits per heavy atom. The Kier molecular flexibility index (Phi) is 6.16. The zero-order valence-corrected chi connectivity index (χ0v) is 27.2. The third-order valence-corrected chi connectivity index (χ3v) is 10.4. The predicted octanol–water partition coefficient (Wildman–Crippen LogP) is 12.1. The fourth-order valence-electron chi connectivity index (χ4n) is 8.07. The van der Waals surface area contributed by atoms with Gasteiger partial charge in [0.15, 0.2) is 5.69 Å². The summed E-state index contributed by atoms with van der Waals surface area (Å²) in [5, 5.41) is 37.6. The molecule has 0 aliphatic heterocycles. The molecule has 0 heterocycles. The zero-order chi connectivity index (χ0) is 34.3. The first kappa shape index (κ1) is 28.9. The van der Waals surface area contributed by atoms with Crippen LogP contribution < -0.4 is 0 Å². The summed E-state index contributed by atoms with van der Waals surface area (Å²) in [5.74, 6) is 0. The highest BCUT2D eigenvalue weighted by molar-refractivity contribution is 6.27. The van der Waals surface area contributed by atoms with Crippen LogP contribution in [0.4, 0.5) is 5.69 Å². The number of nitrogens with zero attached hydrogens (tertiary/aromatic N) is 4. The summed E-state index contributed by atoms with van der Waals surface area (Å²) in [5.41, 5.74) is 13.1. The Morgan fingerprint density at radius 3 is 1.58 bits per heavy atom. The van der Waals surface area contributed by atoms with Crippen LogP contribution in [0.3, 0.4) is 0 Å². The summed E-state index contributed by atoms with van der Waals surface area (Å²) in [6, 6.07) is 43.8. The number of hydrogen-bond acceptors (Lipinski definition) is 3. The number of benzene rings is 8. The normalized spacial score (nSPS) is 11.3. The third kappa shape index (κ3) is 4.01. The molecule has 0 fully saturated rings. The van der Waals surface area contributed by atoms with Crippen molar-refractivity contribution in [1.82, 2.24) is 0 Å². The summed E-state index contributed by atoms with van der Waals surface area (Å²) < 4.78 is 0. The van der Waals surface area contributed by atoms with Crippen LogP contribution in [0.25, 0.3) is 92.4 Å². The van der Waals surface area contributed by atoms with Crippen LogP contribution in [0.2, 0.25) is 0 Å². The number of nitriles is 3. The second kappa shape index (κ2) is 10.6. The van der Waals surface area contributed by atoms with E-state index in [1.807, 2.05) is 73.7 Å². The van der Waals surface area contributed by atoms with Gasteiger partial charge in [-0.15, -0.1) is 0 Å². The van der Waals surface area contributed by atoms with Crippen LogP contribution in [0.5, 0.6) is 0 Å². The van der Waals surface area contributed by atoms with Gasteiger partial charge in [0, 0.05) is 5.39 Å². The number of rotatable bonds is 2. The second-order valence-electron chi connectivity index (χ2n) is 13.0. The zero-order valence-electron chi connectivity index (χ0n) is 27.2. The lowest BCUT2D eigenvalue weighted by atomic mass is 9.84. The Hall–Kier alpha value is -7.24. The summed E-state index contributed by atoms with van der Waals surface area (Å²) in [6.45, 7) is 11.9. The van der Waals surface area contributed by atoms with Crippen molar-refractivity contribution in [3.8, 4) is 62.7 Å². The largest absolute Gasteiger partial charge is 0.238 e. The molecule has 0 aromatic heterocycles. The summed E-state index contributed by atoms with van der Waals surface area (Å²) in [4.78, 5) is 3.78. The number of aryl methyl sites for hydroxylation is 2. The van der Waals surface area contributed by atoms with Crippen LogP contribution in [0, 0.1) is 54.4 Å². The van der Waals surface area contributed by atoms with Crippen molar-refractivity contribution in [2.24, 2.45) is 0 Å². The third-order valence-electron chi connectivity index (χ3n) is 10.4. The Bertz CT molecular complexity index is 3050. The molecule has 50 heavy (non-hydrogen) atoms. The summed E-state index contributed by atoms with van der Waals surface area (Å²) >= 11 is 0. The lowest BCUT2D eigenvalue weighted by molar-refractivity contribution is 1.42. The molecule has 0 N–H and O–H groups in total. The average Bonchev–Trinajstić information content (AvgIpc) is 3.47. The highest BCUT2D eigenvalue weighted by atomic mass is 14.6. The Balaban J connectivity index is 1.48. The quantitative estimate of drug-likeness (QED) is 0.141. The highest BCUT2D eigenvalue weighted by Crippen LogP contribution is 2.52. The predicted molar refractivity (Wildman–Crippen MR) is 202 cm³/mol. The van der Waals surface area contributed by atoms with Crippen molar-refractivity contribution >= 4 is 48.8 Å². The molecule has 0 bridgehead atoms. The molecule has 0 saturated heterocycles. The molecule has 228 valence electrons. The molecule has 1 aliphatic rings. The molecule has 4 heteroatoms. The van der Waals surface area contributed by atoms with E-state index in [2.05, 4.69) is 72.4 Å². The van der Waals surface area contributed by atoms with E-state index in [1.165, 1.54) is 0 Å². The van der Waals surface area contributed by atoms with Crippen LogP contribution in [-0.4, -0.2) is 0 Å². The Labute approximate surface area is 288 Å². The van der Waals surface area contributed by atoms with Crippen molar-refractivity contribution in [3.63, 3.8) is 0 Å². The van der Waals surface area contributed by atoms with Gasteiger partial charge < -0.3 is 0 Å². The van der Waals surface area contributed by atoms with Gasteiger partial charge in [0.05, 0.1) is 41.5 Å². The molecule has 0 atom stereocenters. The number of hydrogen-bond donors (Lipinski definition) is 0. The molecule has 0 spiro atoms. The van der Waals surface area contributed by atoms with Crippen molar-refractivity contribution in [1.29, 1.82) is 15.8 Å². The van der Waals surface area contributed by atoms with E-state index in [-0.39, 0.29) is 0 Å². The molecule has 1 aliphatic carbocycles. The average molecular weight is 633 g/mol. The van der Waals surface area contributed by atoms with Gasteiger partial charge in [0.25, 0.3) is 0 Å². The van der Waals surface area contributed by atoms with Gasteiger partial charge in [0.2, 0.25) is 0 Å². The lowest BCUT2D eigenvalue weighted by Crippen LogP contribution is -1.93. The maximum Gasteiger partial charge on any atom is 0.187 e.